The molecule has 0 aliphatic heterocycles. The third-order valence-electron chi connectivity index (χ3n) is 5.00. The van der Waals surface area contributed by atoms with Crippen molar-refractivity contribution in [3.63, 3.8) is 0 Å². The molecule has 7 nitrogen and oxygen atoms in total. The highest BCUT2D eigenvalue weighted by atomic mass is 35.5. The van der Waals surface area contributed by atoms with Crippen molar-refractivity contribution in [3.05, 3.63) is 104 Å². The van der Waals surface area contributed by atoms with Crippen molar-refractivity contribution < 1.29 is 13.6 Å². The minimum absolute atomic E-state index is 0.0376. The Hall–Kier alpha value is -2.53. The van der Waals surface area contributed by atoms with Crippen LogP contribution in [0, 0.1) is 0 Å². The minimum atomic E-state index is -2.83. The molecular weight excluding hydrogens is 551 g/mol. The molecule has 0 saturated heterocycles. The van der Waals surface area contributed by atoms with Crippen molar-refractivity contribution in [3.8, 4) is 0 Å². The summed E-state index contributed by atoms with van der Waals surface area (Å²) in [4.78, 5) is 13.1. The molecule has 0 saturated carbocycles. The zero-order valence-corrected chi connectivity index (χ0v) is 21.7. The monoisotopic (exact) mass is 565 g/mol. The van der Waals surface area contributed by atoms with Crippen LogP contribution >= 0.6 is 46.5 Å². The second kappa shape index (κ2) is 11.5. The van der Waals surface area contributed by atoms with Crippen LogP contribution in [0.15, 0.2) is 66.7 Å². The molecule has 1 atom stereocenters. The van der Waals surface area contributed by atoms with Crippen LogP contribution in [0.2, 0.25) is 15.1 Å². The summed E-state index contributed by atoms with van der Waals surface area (Å²) in [5, 5.41) is 3.78. The summed E-state index contributed by atoms with van der Waals surface area (Å²) in [7, 11) is 0. The predicted molar refractivity (Wildman–Crippen MR) is 139 cm³/mol. The van der Waals surface area contributed by atoms with Gasteiger partial charge in [0.1, 0.15) is 5.69 Å². The first-order chi connectivity index (χ1) is 16.8. The van der Waals surface area contributed by atoms with E-state index >= 15 is 0 Å². The molecule has 1 unspecified atom stereocenters. The van der Waals surface area contributed by atoms with Gasteiger partial charge in [0.2, 0.25) is 0 Å². The number of anilines is 2. The van der Waals surface area contributed by atoms with Gasteiger partial charge in [-0.05, 0) is 35.9 Å². The van der Waals surface area contributed by atoms with Crippen molar-refractivity contribution in [1.29, 1.82) is 0 Å². The first-order valence-electron chi connectivity index (χ1n) is 10.1. The fraction of sp³-hybridized carbons (Fsp3) is 0.0870. The quantitative estimate of drug-likeness (QED) is 0.266. The summed E-state index contributed by atoms with van der Waals surface area (Å²) < 4.78 is 34.2. The Morgan fingerprint density at radius 2 is 1.71 bits per heavy atom. The van der Waals surface area contributed by atoms with Gasteiger partial charge in [-0.15, -0.1) is 0 Å². The molecule has 12 heteroatoms. The van der Waals surface area contributed by atoms with E-state index < -0.39 is 17.2 Å². The average molecular weight is 567 g/mol. The lowest BCUT2D eigenvalue weighted by Gasteiger charge is -2.27. The number of carbonyl (C=O) groups is 1. The van der Waals surface area contributed by atoms with Gasteiger partial charge in [-0.1, -0.05) is 71.2 Å². The first kappa shape index (κ1) is 25.6. The third kappa shape index (κ3) is 6.00. The highest BCUT2D eigenvalue weighted by Gasteiger charge is 2.25. The Kier molecular flexibility index (Phi) is 8.38. The van der Waals surface area contributed by atoms with Gasteiger partial charge in [0, 0.05) is 33.6 Å². The van der Waals surface area contributed by atoms with Gasteiger partial charge in [0.05, 0.1) is 34.2 Å². The summed E-state index contributed by atoms with van der Waals surface area (Å²) in [5.74, 6) is -0.450. The van der Waals surface area contributed by atoms with Crippen molar-refractivity contribution in [2.24, 2.45) is 0 Å². The summed E-state index contributed by atoms with van der Waals surface area (Å²) in [6, 6.07) is 18.8. The topological polar surface area (TPSA) is 98.2 Å². The largest absolute Gasteiger partial charge is 0.755 e. The second-order valence-corrected chi connectivity index (χ2v) is 9.83. The molecule has 1 amide bonds. The lowest BCUT2D eigenvalue weighted by atomic mass is 10.1. The summed E-state index contributed by atoms with van der Waals surface area (Å²) >= 11 is 16.6. The van der Waals surface area contributed by atoms with Gasteiger partial charge >= 0.3 is 0 Å². The Bertz CT molecular complexity index is 1370. The number of carbonyl (C=O) groups excluding carboxylic acids is 1. The smallest absolute Gasteiger partial charge is 0.253 e. The number of aromatic nitrogens is 2. The van der Waals surface area contributed by atoms with E-state index in [1.165, 1.54) is 18.2 Å². The molecule has 1 heterocycles. The van der Waals surface area contributed by atoms with Crippen LogP contribution < -0.4 is 9.62 Å². The van der Waals surface area contributed by atoms with Gasteiger partial charge in [-0.2, -0.15) is 8.75 Å². The maximum Gasteiger partial charge on any atom is 0.253 e. The van der Waals surface area contributed by atoms with Gasteiger partial charge in [-0.3, -0.25) is 13.3 Å². The van der Waals surface area contributed by atoms with Crippen molar-refractivity contribution in [1.82, 2.24) is 14.1 Å². The Morgan fingerprint density at radius 1 is 1.00 bits per heavy atom. The van der Waals surface area contributed by atoms with Crippen LogP contribution in [0.3, 0.4) is 0 Å². The summed E-state index contributed by atoms with van der Waals surface area (Å²) in [5.41, 5.74) is 2.02. The number of rotatable bonds is 8. The van der Waals surface area contributed by atoms with E-state index in [4.69, 9.17) is 34.8 Å². The number of benzene rings is 3. The lowest BCUT2D eigenvalue weighted by molar-refractivity contribution is 0.0951. The number of amides is 1. The maximum absolute atomic E-state index is 13.1. The second-order valence-electron chi connectivity index (χ2n) is 7.25. The maximum atomic E-state index is 13.1. The zero-order chi connectivity index (χ0) is 24.9. The van der Waals surface area contributed by atoms with Crippen molar-refractivity contribution >= 4 is 75.2 Å². The van der Waals surface area contributed by atoms with E-state index in [2.05, 4.69) is 14.1 Å². The Morgan fingerprint density at radius 3 is 2.40 bits per heavy atom. The van der Waals surface area contributed by atoms with Crippen LogP contribution in [-0.2, 0) is 24.2 Å². The first-order valence-corrected chi connectivity index (χ1v) is 13.0. The van der Waals surface area contributed by atoms with Crippen LogP contribution in [0.1, 0.15) is 27.2 Å². The van der Waals surface area contributed by atoms with E-state index in [0.29, 0.717) is 27.7 Å². The highest BCUT2D eigenvalue weighted by molar-refractivity contribution is 7.81. The number of hydrogen-bond acceptors (Lipinski definition) is 6. The van der Waals surface area contributed by atoms with Gasteiger partial charge < -0.3 is 9.87 Å². The average Bonchev–Trinajstić information content (AvgIpc) is 3.26. The fourth-order valence-corrected chi connectivity index (χ4v) is 5.25. The van der Waals surface area contributed by atoms with Gasteiger partial charge in [0.25, 0.3) is 5.91 Å². The number of halogens is 3. The molecule has 1 aromatic heterocycles. The molecule has 1 N–H and O–H groups in total. The summed E-state index contributed by atoms with van der Waals surface area (Å²) in [6.07, 6.45) is 0.355. The SMILES string of the molecule is O=C(NCc1c(Cl)cccc1Cl)c1ccc(Cl)cc1N(c1nsnc1Cc1ccccc1)S(=O)[O-]. The predicted octanol–water partition coefficient (Wildman–Crippen LogP) is 5.95. The molecular formula is C23H16Cl3N4O3S2-. The molecule has 4 rings (SSSR count). The molecule has 0 spiro atoms. The molecule has 3 aromatic carbocycles. The van der Waals surface area contributed by atoms with Crippen LogP contribution in [-0.4, -0.2) is 23.4 Å². The number of nitrogens with one attached hydrogen (secondary N) is 1. The number of nitrogens with zero attached hydrogens (tertiary/aromatic N) is 3. The van der Waals surface area contributed by atoms with Crippen LogP contribution in [0.4, 0.5) is 11.5 Å². The van der Waals surface area contributed by atoms with E-state index in [9.17, 15) is 13.6 Å². The van der Waals surface area contributed by atoms with Crippen LogP contribution in [0.25, 0.3) is 0 Å². The molecule has 0 radical (unpaired) electrons. The molecule has 0 aliphatic carbocycles. The lowest BCUT2D eigenvalue weighted by Crippen LogP contribution is -2.28. The van der Waals surface area contributed by atoms with E-state index in [1.807, 2.05) is 30.3 Å². The fourth-order valence-electron chi connectivity index (χ4n) is 3.35. The summed E-state index contributed by atoms with van der Waals surface area (Å²) in [6.45, 7) is 0.0391. The Balaban J connectivity index is 1.68. The van der Waals surface area contributed by atoms with E-state index in [0.717, 1.165) is 21.6 Å². The molecule has 0 fully saturated rings. The standard InChI is InChI=1S/C23H17Cl3N4O3S2/c24-15-9-10-16(23(31)27-13-17-18(25)7-4-8-19(17)26)21(12-15)30(35(32)33)22-20(28-34-29-22)11-14-5-2-1-3-6-14/h1-10,12H,11,13H2,(H,27,31)(H,32,33)/p-1. The minimum Gasteiger partial charge on any atom is -0.755 e. The normalized spacial score (nSPS) is 11.8. The Labute approximate surface area is 223 Å². The molecule has 180 valence electrons. The number of hydrogen-bond donors (Lipinski definition) is 1. The molecule has 0 aliphatic rings. The van der Waals surface area contributed by atoms with Crippen molar-refractivity contribution in [2.45, 2.75) is 13.0 Å². The molecule has 0 bridgehead atoms. The van der Waals surface area contributed by atoms with E-state index in [-0.39, 0.29) is 28.6 Å². The zero-order valence-electron chi connectivity index (χ0n) is 17.8. The van der Waals surface area contributed by atoms with Crippen LogP contribution in [0.5, 0.6) is 0 Å². The van der Waals surface area contributed by atoms with E-state index in [1.54, 1.807) is 18.2 Å². The van der Waals surface area contributed by atoms with Crippen molar-refractivity contribution in [2.75, 3.05) is 4.31 Å². The molecule has 35 heavy (non-hydrogen) atoms. The highest BCUT2D eigenvalue weighted by Crippen LogP contribution is 2.34. The van der Waals surface area contributed by atoms with Gasteiger partial charge in [-0.25, -0.2) is 0 Å². The molecule has 4 aromatic rings. The third-order valence-corrected chi connectivity index (χ3v) is 7.17. The van der Waals surface area contributed by atoms with Gasteiger partial charge in [0.15, 0.2) is 5.82 Å².